The average Bonchev–Trinajstić information content (AvgIpc) is 3.26. The third kappa shape index (κ3) is 3.86. The number of benzene rings is 4. The Balaban J connectivity index is 1.36. The first kappa shape index (κ1) is 26.6. The minimum absolute atomic E-state index is 0.113. The highest BCUT2D eigenvalue weighted by Gasteiger charge is 2.68. The quantitative estimate of drug-likeness (QED) is 0.170. The van der Waals surface area contributed by atoms with Crippen LogP contribution in [0.15, 0.2) is 96.1 Å². The van der Waals surface area contributed by atoms with Crippen molar-refractivity contribution in [1.29, 1.82) is 0 Å². The molecular formula is C34H25Cl2N3O3. The molecule has 6 nitrogen and oxygen atoms in total. The van der Waals surface area contributed by atoms with Crippen LogP contribution in [-0.2, 0) is 26.2 Å². The molecule has 8 rings (SSSR count). The van der Waals surface area contributed by atoms with Crippen molar-refractivity contribution < 1.29 is 14.4 Å². The topological polar surface area (TPSA) is 78.8 Å². The first-order valence-electron chi connectivity index (χ1n) is 13.7. The van der Waals surface area contributed by atoms with Gasteiger partial charge in [-0.1, -0.05) is 89.9 Å². The lowest BCUT2D eigenvalue weighted by Crippen LogP contribution is -2.54. The predicted molar refractivity (Wildman–Crippen MR) is 163 cm³/mol. The smallest absolute Gasteiger partial charge is 0.244 e. The van der Waals surface area contributed by atoms with Gasteiger partial charge in [0.2, 0.25) is 17.7 Å². The van der Waals surface area contributed by atoms with Crippen LogP contribution in [0.2, 0.25) is 10.0 Å². The lowest BCUT2D eigenvalue weighted by atomic mass is 9.47. The van der Waals surface area contributed by atoms with E-state index < -0.39 is 17.3 Å². The summed E-state index contributed by atoms with van der Waals surface area (Å²) in [6.07, 6.45) is 1.78. The lowest BCUT2D eigenvalue weighted by molar-refractivity contribution is -0.123. The number of carbonyl (C=O) groups is 3. The molecule has 1 N–H and O–H groups in total. The molecule has 1 fully saturated rings. The molecule has 1 saturated heterocycles. The maximum Gasteiger partial charge on any atom is 0.244 e. The highest BCUT2D eigenvalue weighted by molar-refractivity contribution is 6.32. The molecule has 2 bridgehead atoms. The molecule has 4 aliphatic rings. The second-order valence-corrected chi connectivity index (χ2v) is 11.9. The summed E-state index contributed by atoms with van der Waals surface area (Å²) in [7, 11) is 0. The van der Waals surface area contributed by atoms with Gasteiger partial charge in [0.25, 0.3) is 0 Å². The number of amides is 3. The van der Waals surface area contributed by atoms with E-state index in [0.717, 1.165) is 33.4 Å². The zero-order valence-electron chi connectivity index (χ0n) is 22.6. The lowest BCUT2D eigenvalue weighted by Gasteiger charge is -2.52. The van der Waals surface area contributed by atoms with Gasteiger partial charge in [0.1, 0.15) is 0 Å². The van der Waals surface area contributed by atoms with Crippen molar-refractivity contribution in [2.24, 2.45) is 16.9 Å². The molecule has 0 saturated carbocycles. The van der Waals surface area contributed by atoms with Crippen LogP contribution in [-0.4, -0.2) is 23.9 Å². The van der Waals surface area contributed by atoms with E-state index in [0.29, 0.717) is 15.7 Å². The van der Waals surface area contributed by atoms with Crippen molar-refractivity contribution in [1.82, 2.24) is 5.43 Å². The monoisotopic (exact) mass is 593 g/mol. The van der Waals surface area contributed by atoms with E-state index in [1.54, 1.807) is 42.6 Å². The van der Waals surface area contributed by atoms with E-state index in [9.17, 15) is 14.4 Å². The Labute approximate surface area is 253 Å². The number of nitrogens with zero attached hydrogens (tertiary/aromatic N) is 2. The van der Waals surface area contributed by atoms with Crippen molar-refractivity contribution in [3.05, 3.63) is 134 Å². The Bertz CT molecular complexity index is 1770. The van der Waals surface area contributed by atoms with Crippen molar-refractivity contribution in [2.75, 3.05) is 4.90 Å². The maximum atomic E-state index is 14.5. The minimum Gasteiger partial charge on any atom is -0.274 e. The minimum atomic E-state index is -1.08. The van der Waals surface area contributed by atoms with Crippen LogP contribution < -0.4 is 10.3 Å². The molecule has 4 aromatic rings. The number of hydrogen-bond donors (Lipinski definition) is 1. The zero-order valence-corrected chi connectivity index (χ0v) is 24.1. The fourth-order valence-electron chi connectivity index (χ4n) is 7.14. The molecule has 0 spiro atoms. The molecule has 1 heterocycles. The number of halogens is 2. The van der Waals surface area contributed by atoms with Gasteiger partial charge in [-0.2, -0.15) is 5.10 Å². The van der Waals surface area contributed by atoms with E-state index in [1.807, 2.05) is 61.5 Å². The second-order valence-electron chi connectivity index (χ2n) is 11.1. The Morgan fingerprint density at radius 1 is 0.881 bits per heavy atom. The molecule has 3 amide bonds. The van der Waals surface area contributed by atoms with Crippen LogP contribution >= 0.6 is 23.2 Å². The molecule has 208 valence electrons. The van der Waals surface area contributed by atoms with Crippen LogP contribution in [0.3, 0.4) is 0 Å². The van der Waals surface area contributed by atoms with Crippen molar-refractivity contribution >= 4 is 52.8 Å². The van der Waals surface area contributed by atoms with Crippen LogP contribution in [0.4, 0.5) is 5.69 Å². The van der Waals surface area contributed by atoms with Crippen molar-refractivity contribution in [3.63, 3.8) is 0 Å². The van der Waals surface area contributed by atoms with Crippen molar-refractivity contribution in [2.45, 2.75) is 24.7 Å². The van der Waals surface area contributed by atoms with E-state index in [2.05, 4.69) is 10.5 Å². The van der Waals surface area contributed by atoms with Gasteiger partial charge in [-0.25, -0.2) is 10.3 Å². The van der Waals surface area contributed by atoms with Gasteiger partial charge >= 0.3 is 0 Å². The van der Waals surface area contributed by atoms with E-state index in [4.69, 9.17) is 23.2 Å². The van der Waals surface area contributed by atoms with Gasteiger partial charge in [-0.3, -0.25) is 14.4 Å². The van der Waals surface area contributed by atoms with E-state index >= 15 is 0 Å². The molecule has 0 radical (unpaired) electrons. The summed E-state index contributed by atoms with van der Waals surface area (Å²) in [5.41, 5.74) is 7.46. The Kier molecular flexibility index (Phi) is 6.30. The number of anilines is 1. The molecule has 4 aromatic carbocycles. The first-order chi connectivity index (χ1) is 20.3. The summed E-state index contributed by atoms with van der Waals surface area (Å²) in [4.78, 5) is 43.0. The molecule has 3 aliphatic carbocycles. The van der Waals surface area contributed by atoms with Gasteiger partial charge in [-0.15, -0.1) is 0 Å². The molecule has 42 heavy (non-hydrogen) atoms. The number of imide groups is 1. The third-order valence-electron chi connectivity index (χ3n) is 8.83. The number of carbonyl (C=O) groups excluding carboxylic acids is 3. The Morgan fingerprint density at radius 2 is 1.50 bits per heavy atom. The third-order valence-corrected chi connectivity index (χ3v) is 9.32. The number of aryl methyl sites for hydroxylation is 1. The van der Waals surface area contributed by atoms with Gasteiger partial charge in [0.15, 0.2) is 0 Å². The van der Waals surface area contributed by atoms with Gasteiger partial charge in [0.05, 0.1) is 29.4 Å². The van der Waals surface area contributed by atoms with Gasteiger partial charge < -0.3 is 0 Å². The molecule has 0 aromatic heterocycles. The molecule has 1 aliphatic heterocycles. The van der Waals surface area contributed by atoms with Crippen LogP contribution in [0.5, 0.6) is 0 Å². The van der Waals surface area contributed by atoms with Gasteiger partial charge in [-0.05, 0) is 64.6 Å². The Hall–Kier alpha value is -4.26. The van der Waals surface area contributed by atoms with Gasteiger partial charge in [0, 0.05) is 22.2 Å². The number of hydrogen-bond acceptors (Lipinski definition) is 4. The molecule has 8 heteroatoms. The van der Waals surface area contributed by atoms with Crippen LogP contribution in [0, 0.1) is 18.8 Å². The predicted octanol–water partition coefficient (Wildman–Crippen LogP) is 6.20. The van der Waals surface area contributed by atoms with Crippen LogP contribution in [0.25, 0.3) is 0 Å². The highest BCUT2D eigenvalue weighted by Crippen LogP contribution is 2.63. The molecule has 0 unspecified atom stereocenters. The standard InChI is InChI=1S/C34H25Cl2N3O3/c1-19-10-13-22(36)17-27(19)39-32(41)30-29-23-6-2-4-8-25(23)34(31(30)33(39)42,26-9-5-3-7-24(26)29)18-37-38-28(40)16-20-11-14-21(35)15-12-20/h2-15,17-18,29-31H,16H2,1H3,(H,38,40)/b37-18-/t29?,30-,31+,34?/m1/s1. The van der Waals surface area contributed by atoms with Crippen LogP contribution in [0.1, 0.15) is 39.3 Å². The second kappa shape index (κ2) is 9.93. The summed E-state index contributed by atoms with van der Waals surface area (Å²) in [5, 5.41) is 5.51. The summed E-state index contributed by atoms with van der Waals surface area (Å²) in [5.74, 6) is -2.56. The number of hydrazone groups is 1. The fourth-order valence-corrected chi connectivity index (χ4v) is 7.44. The molecule has 2 atom stereocenters. The van der Waals surface area contributed by atoms with Crippen molar-refractivity contribution in [3.8, 4) is 0 Å². The number of rotatable bonds is 5. The Morgan fingerprint density at radius 3 is 2.17 bits per heavy atom. The average molecular weight is 594 g/mol. The molecular weight excluding hydrogens is 569 g/mol. The summed E-state index contributed by atoms with van der Waals surface area (Å²) >= 11 is 12.3. The first-order valence-corrected chi connectivity index (χ1v) is 14.5. The highest BCUT2D eigenvalue weighted by atomic mass is 35.5. The SMILES string of the molecule is Cc1ccc(Cl)cc1N1C(=O)[C@@H]2C3c4ccccc4C(/C=N\NC(=O)Cc4ccc(Cl)cc4)(c4ccccc43)[C@@H]2C1=O. The summed E-state index contributed by atoms with van der Waals surface area (Å²) in [6.45, 7) is 1.86. The maximum absolute atomic E-state index is 14.5. The summed E-state index contributed by atoms with van der Waals surface area (Å²) in [6, 6.07) is 28.1. The zero-order chi connectivity index (χ0) is 29.2. The normalized spacial score (nSPS) is 23.6. The summed E-state index contributed by atoms with van der Waals surface area (Å²) < 4.78 is 0. The largest absolute Gasteiger partial charge is 0.274 e. The fraction of sp³-hybridized carbons (Fsp3) is 0.176. The number of nitrogens with one attached hydrogen (secondary N) is 1. The van der Waals surface area contributed by atoms with E-state index in [1.165, 1.54) is 4.90 Å². The van der Waals surface area contributed by atoms with E-state index in [-0.39, 0.29) is 30.1 Å².